The van der Waals surface area contributed by atoms with Crippen LogP contribution in [0.3, 0.4) is 0 Å². The number of ketones is 1. The molecule has 19 heavy (non-hydrogen) atoms. The van der Waals surface area contributed by atoms with E-state index < -0.39 is 0 Å². The Balaban J connectivity index is 2.26. The zero-order valence-corrected chi connectivity index (χ0v) is 11.7. The minimum absolute atomic E-state index is 0.0261. The van der Waals surface area contributed by atoms with Gasteiger partial charge in [0, 0.05) is 24.1 Å². The average molecular weight is 278 g/mol. The van der Waals surface area contributed by atoms with Gasteiger partial charge in [-0.15, -0.1) is 5.10 Å². The van der Waals surface area contributed by atoms with Crippen LogP contribution >= 0.6 is 11.8 Å². The molecule has 0 fully saturated rings. The third-order valence-corrected chi connectivity index (χ3v) is 3.44. The highest BCUT2D eigenvalue weighted by Crippen LogP contribution is 2.25. The van der Waals surface area contributed by atoms with Gasteiger partial charge in [0.05, 0.1) is 0 Å². The van der Waals surface area contributed by atoms with Gasteiger partial charge in [-0.2, -0.15) is 0 Å². The van der Waals surface area contributed by atoms with E-state index in [0.29, 0.717) is 10.9 Å². The quantitative estimate of drug-likeness (QED) is 0.864. The molecule has 6 nitrogen and oxygen atoms in total. The second-order valence-electron chi connectivity index (χ2n) is 4.31. The number of rotatable bonds is 4. The molecule has 0 bridgehead atoms. The fourth-order valence-electron chi connectivity index (χ4n) is 1.57. The summed E-state index contributed by atoms with van der Waals surface area (Å²) in [4.78, 5) is 27.6. The molecule has 0 spiro atoms. The van der Waals surface area contributed by atoms with Crippen molar-refractivity contribution in [1.29, 1.82) is 0 Å². The summed E-state index contributed by atoms with van der Waals surface area (Å²) >= 11 is 1.33. The summed E-state index contributed by atoms with van der Waals surface area (Å²) < 4.78 is 1.57. The lowest BCUT2D eigenvalue weighted by Crippen LogP contribution is -2.19. The molecular formula is C12H14N4O2S. The molecule has 100 valence electrons. The number of Topliss-reactive ketones (excluding diaryl/α,β-unsaturated/α-hetero) is 1. The Morgan fingerprint density at radius 2 is 2.16 bits per heavy atom. The summed E-state index contributed by atoms with van der Waals surface area (Å²) in [5, 5.41) is 6.99. The molecule has 1 N–H and O–H groups in total. The van der Waals surface area contributed by atoms with Gasteiger partial charge in [-0.3, -0.25) is 14.3 Å². The van der Waals surface area contributed by atoms with Gasteiger partial charge in [0.15, 0.2) is 10.9 Å². The van der Waals surface area contributed by atoms with Crippen LogP contribution in [0.5, 0.6) is 0 Å². The molecule has 7 heteroatoms. The van der Waals surface area contributed by atoms with Crippen molar-refractivity contribution in [2.24, 2.45) is 0 Å². The lowest BCUT2D eigenvalue weighted by molar-refractivity contribution is 0.101. The SMILES string of the molecule is CC(=O)c1ccc(Sc2n[nH]c(=O)n2C(C)C)cn1. The van der Waals surface area contributed by atoms with Gasteiger partial charge in [0.2, 0.25) is 0 Å². The van der Waals surface area contributed by atoms with Crippen LogP contribution in [0.1, 0.15) is 37.3 Å². The molecule has 0 atom stereocenters. The van der Waals surface area contributed by atoms with E-state index >= 15 is 0 Å². The van der Waals surface area contributed by atoms with Crippen LogP contribution in [-0.2, 0) is 0 Å². The Morgan fingerprint density at radius 1 is 1.42 bits per heavy atom. The summed E-state index contributed by atoms with van der Waals surface area (Å²) in [5.41, 5.74) is 0.193. The molecule has 0 aliphatic heterocycles. The molecule has 2 aromatic heterocycles. The highest BCUT2D eigenvalue weighted by Gasteiger charge is 2.13. The number of nitrogens with zero attached hydrogens (tertiary/aromatic N) is 3. The van der Waals surface area contributed by atoms with Crippen molar-refractivity contribution < 1.29 is 4.79 Å². The summed E-state index contributed by atoms with van der Waals surface area (Å²) in [7, 11) is 0. The highest BCUT2D eigenvalue weighted by atomic mass is 32.2. The standard InChI is InChI=1S/C12H14N4O2S/c1-7(2)16-11(18)14-15-12(16)19-9-4-5-10(8(3)17)13-6-9/h4-7H,1-3H3,(H,14,18). The van der Waals surface area contributed by atoms with Crippen molar-refractivity contribution >= 4 is 17.5 Å². The third-order valence-electron chi connectivity index (χ3n) is 2.49. The van der Waals surface area contributed by atoms with Crippen molar-refractivity contribution in [3.63, 3.8) is 0 Å². The molecule has 0 amide bonds. The number of pyridine rings is 1. The molecule has 0 aliphatic carbocycles. The van der Waals surface area contributed by atoms with E-state index in [9.17, 15) is 9.59 Å². The molecule has 0 saturated heterocycles. The first-order valence-corrected chi connectivity index (χ1v) is 6.62. The second-order valence-corrected chi connectivity index (χ2v) is 5.35. The Morgan fingerprint density at radius 3 is 2.68 bits per heavy atom. The summed E-state index contributed by atoms with van der Waals surface area (Å²) in [5.74, 6) is -0.0737. The summed E-state index contributed by atoms with van der Waals surface area (Å²) in [6.45, 7) is 5.30. The maximum absolute atomic E-state index is 11.6. The molecule has 0 unspecified atom stereocenters. The van der Waals surface area contributed by atoms with Crippen LogP contribution in [0.15, 0.2) is 33.2 Å². The van der Waals surface area contributed by atoms with Crippen LogP contribution < -0.4 is 5.69 Å². The number of aromatic amines is 1. The van der Waals surface area contributed by atoms with Gasteiger partial charge in [0.1, 0.15) is 5.69 Å². The van der Waals surface area contributed by atoms with Crippen LogP contribution in [0.2, 0.25) is 0 Å². The minimum atomic E-state index is -0.231. The first kappa shape index (κ1) is 13.5. The molecule has 0 saturated carbocycles. The molecular weight excluding hydrogens is 264 g/mol. The van der Waals surface area contributed by atoms with E-state index in [4.69, 9.17) is 0 Å². The van der Waals surface area contributed by atoms with Gasteiger partial charge in [-0.25, -0.2) is 9.89 Å². The number of carbonyl (C=O) groups excluding carboxylic acids is 1. The van der Waals surface area contributed by atoms with Crippen LogP contribution in [0, 0.1) is 0 Å². The molecule has 2 rings (SSSR count). The van der Waals surface area contributed by atoms with Gasteiger partial charge in [0.25, 0.3) is 0 Å². The average Bonchev–Trinajstić information content (AvgIpc) is 2.71. The van der Waals surface area contributed by atoms with Gasteiger partial charge in [-0.1, -0.05) is 0 Å². The van der Waals surface area contributed by atoms with E-state index in [1.54, 1.807) is 22.9 Å². The fraction of sp³-hybridized carbons (Fsp3) is 0.333. The van der Waals surface area contributed by atoms with E-state index in [-0.39, 0.29) is 17.5 Å². The topological polar surface area (TPSA) is 80.6 Å². The normalized spacial score (nSPS) is 10.9. The van der Waals surface area contributed by atoms with Crippen molar-refractivity contribution in [3.05, 3.63) is 34.5 Å². The molecule has 0 radical (unpaired) electrons. The van der Waals surface area contributed by atoms with Gasteiger partial charge in [-0.05, 0) is 37.7 Å². The fourth-order valence-corrected chi connectivity index (χ4v) is 2.51. The Hall–Kier alpha value is -1.89. The lowest BCUT2D eigenvalue weighted by atomic mass is 10.3. The maximum atomic E-state index is 11.6. The highest BCUT2D eigenvalue weighted by molar-refractivity contribution is 7.99. The van der Waals surface area contributed by atoms with Gasteiger partial charge < -0.3 is 0 Å². The molecule has 2 aromatic rings. The second kappa shape index (κ2) is 5.40. The largest absolute Gasteiger partial charge is 0.344 e. The minimum Gasteiger partial charge on any atom is -0.293 e. The van der Waals surface area contributed by atoms with E-state index in [2.05, 4.69) is 15.2 Å². The van der Waals surface area contributed by atoms with E-state index in [1.807, 2.05) is 13.8 Å². The zero-order valence-electron chi connectivity index (χ0n) is 10.9. The predicted molar refractivity (Wildman–Crippen MR) is 71.6 cm³/mol. The first-order chi connectivity index (χ1) is 8.99. The van der Waals surface area contributed by atoms with Crippen molar-refractivity contribution in [2.75, 3.05) is 0 Å². The Kier molecular flexibility index (Phi) is 3.84. The maximum Gasteiger partial charge on any atom is 0.344 e. The molecule has 0 aromatic carbocycles. The summed E-state index contributed by atoms with van der Waals surface area (Å²) in [6.07, 6.45) is 1.60. The number of aromatic nitrogens is 4. The molecule has 0 aliphatic rings. The first-order valence-electron chi connectivity index (χ1n) is 5.80. The summed E-state index contributed by atoms with van der Waals surface area (Å²) in [6, 6.07) is 3.48. The lowest BCUT2D eigenvalue weighted by Gasteiger charge is -2.08. The third kappa shape index (κ3) is 2.93. The van der Waals surface area contributed by atoms with Crippen molar-refractivity contribution in [3.8, 4) is 0 Å². The number of hydrogen-bond acceptors (Lipinski definition) is 5. The molecule has 2 heterocycles. The van der Waals surface area contributed by atoms with Crippen LogP contribution in [0.4, 0.5) is 0 Å². The number of nitrogens with one attached hydrogen (secondary N) is 1. The number of carbonyl (C=O) groups is 1. The van der Waals surface area contributed by atoms with Crippen LogP contribution in [-0.4, -0.2) is 25.5 Å². The van der Waals surface area contributed by atoms with Crippen molar-refractivity contribution in [2.45, 2.75) is 36.9 Å². The number of hydrogen-bond donors (Lipinski definition) is 1. The van der Waals surface area contributed by atoms with E-state index in [0.717, 1.165) is 4.90 Å². The Labute approximate surface area is 114 Å². The Bertz CT molecular complexity index is 642. The smallest absolute Gasteiger partial charge is 0.293 e. The van der Waals surface area contributed by atoms with Gasteiger partial charge >= 0.3 is 5.69 Å². The van der Waals surface area contributed by atoms with Crippen molar-refractivity contribution in [1.82, 2.24) is 19.7 Å². The van der Waals surface area contributed by atoms with E-state index in [1.165, 1.54) is 18.7 Å². The van der Waals surface area contributed by atoms with Crippen LogP contribution in [0.25, 0.3) is 0 Å². The predicted octanol–water partition coefficient (Wildman–Crippen LogP) is 1.90. The number of H-pyrrole nitrogens is 1. The monoisotopic (exact) mass is 278 g/mol. The zero-order chi connectivity index (χ0) is 14.0.